The van der Waals surface area contributed by atoms with Crippen molar-refractivity contribution in [1.29, 1.82) is 0 Å². The fourth-order valence-electron chi connectivity index (χ4n) is 4.22. The number of ketones is 1. The van der Waals surface area contributed by atoms with Crippen LogP contribution in [0.4, 0.5) is 16.2 Å². The number of halogens is 1. The lowest BCUT2D eigenvalue weighted by atomic mass is 10.0. The first-order valence-electron chi connectivity index (χ1n) is 11.0. The van der Waals surface area contributed by atoms with Gasteiger partial charge >= 0.3 is 0 Å². The normalized spacial score (nSPS) is 16.3. The molecule has 4 aromatic rings. The minimum atomic E-state index is -0.325. The van der Waals surface area contributed by atoms with Gasteiger partial charge in [0.2, 0.25) is 5.95 Å². The number of piperazine rings is 1. The van der Waals surface area contributed by atoms with Crippen LogP contribution in [0.5, 0.6) is 0 Å². The third-order valence-electron chi connectivity index (χ3n) is 5.91. The second-order valence-electron chi connectivity index (χ2n) is 8.11. The number of hydrogen-bond acceptors (Lipinski definition) is 7. The van der Waals surface area contributed by atoms with Gasteiger partial charge in [-0.15, -0.1) is 11.3 Å². The lowest BCUT2D eigenvalue weighted by molar-refractivity contribution is -0.120. The number of nitrogens with one attached hydrogen (secondary N) is 1. The highest BCUT2D eigenvalue weighted by Crippen LogP contribution is 2.37. The molecule has 1 aliphatic heterocycles. The van der Waals surface area contributed by atoms with E-state index < -0.39 is 0 Å². The minimum absolute atomic E-state index is 0.172. The first-order valence-corrected chi connectivity index (χ1v) is 11.8. The van der Waals surface area contributed by atoms with Crippen molar-refractivity contribution in [1.82, 2.24) is 15.3 Å². The topological polar surface area (TPSA) is 84.1 Å². The molecule has 1 saturated heterocycles. The molecule has 0 spiro atoms. The number of fused-ring (bicyclic) bond motifs is 1. The van der Waals surface area contributed by atoms with E-state index in [4.69, 9.17) is 5.73 Å². The van der Waals surface area contributed by atoms with Gasteiger partial charge in [0.25, 0.3) is 0 Å². The number of carbonyl (C=O) groups excluding carboxylic acids is 1. The van der Waals surface area contributed by atoms with Crippen LogP contribution in [0.3, 0.4) is 0 Å². The molecule has 6 nitrogen and oxygen atoms in total. The van der Waals surface area contributed by atoms with E-state index in [0.29, 0.717) is 31.7 Å². The van der Waals surface area contributed by atoms with E-state index in [1.54, 1.807) is 12.1 Å². The van der Waals surface area contributed by atoms with Crippen LogP contribution in [-0.4, -0.2) is 41.4 Å². The van der Waals surface area contributed by atoms with Crippen LogP contribution >= 0.6 is 11.3 Å². The van der Waals surface area contributed by atoms with E-state index in [0.717, 1.165) is 32.8 Å². The summed E-state index contributed by atoms with van der Waals surface area (Å²) in [4.78, 5) is 26.0. The highest BCUT2D eigenvalue weighted by Gasteiger charge is 2.31. The number of aromatic nitrogens is 2. The van der Waals surface area contributed by atoms with Crippen molar-refractivity contribution in [2.45, 2.75) is 18.9 Å². The number of nitrogens with zero attached hydrogens (tertiary/aromatic N) is 3. The number of nitrogens with two attached hydrogens (primary N) is 1. The van der Waals surface area contributed by atoms with Crippen LogP contribution in [0.1, 0.15) is 12.0 Å². The Morgan fingerprint density at radius 1 is 1.15 bits per heavy atom. The summed E-state index contributed by atoms with van der Waals surface area (Å²) in [6, 6.07) is 18.1. The van der Waals surface area contributed by atoms with Crippen LogP contribution in [-0.2, 0) is 11.2 Å². The van der Waals surface area contributed by atoms with Gasteiger partial charge in [-0.05, 0) is 35.7 Å². The number of nitrogen functional groups attached to an aromatic ring is 1. The summed E-state index contributed by atoms with van der Waals surface area (Å²) in [6.45, 7) is 1.96. The highest BCUT2D eigenvalue weighted by atomic mass is 32.1. The second-order valence-corrected chi connectivity index (χ2v) is 9.14. The van der Waals surface area contributed by atoms with Gasteiger partial charge in [-0.3, -0.25) is 4.79 Å². The number of anilines is 2. The predicted molar refractivity (Wildman–Crippen MR) is 131 cm³/mol. The molecule has 1 atom stereocenters. The van der Waals surface area contributed by atoms with Crippen molar-refractivity contribution in [2.24, 2.45) is 0 Å². The van der Waals surface area contributed by atoms with E-state index in [-0.39, 0.29) is 23.6 Å². The summed E-state index contributed by atoms with van der Waals surface area (Å²) in [7, 11) is 0. The Kier molecular flexibility index (Phi) is 6.02. The van der Waals surface area contributed by atoms with Crippen molar-refractivity contribution in [3.8, 4) is 10.4 Å². The van der Waals surface area contributed by atoms with Gasteiger partial charge in [0, 0.05) is 30.9 Å². The fourth-order valence-corrected chi connectivity index (χ4v) is 5.26. The Balaban J connectivity index is 1.46. The van der Waals surface area contributed by atoms with Gasteiger partial charge in [0.1, 0.15) is 22.5 Å². The van der Waals surface area contributed by atoms with Crippen LogP contribution in [0.2, 0.25) is 0 Å². The van der Waals surface area contributed by atoms with Gasteiger partial charge in [-0.2, -0.15) is 4.98 Å². The lowest BCUT2D eigenvalue weighted by Gasteiger charge is -2.36. The molecule has 0 radical (unpaired) electrons. The molecule has 33 heavy (non-hydrogen) atoms. The van der Waals surface area contributed by atoms with E-state index in [2.05, 4.69) is 20.2 Å². The van der Waals surface area contributed by atoms with E-state index in [1.165, 1.54) is 23.5 Å². The highest BCUT2D eigenvalue weighted by molar-refractivity contribution is 7.22. The van der Waals surface area contributed by atoms with Gasteiger partial charge in [-0.25, -0.2) is 9.37 Å². The van der Waals surface area contributed by atoms with Crippen LogP contribution in [0.15, 0.2) is 60.7 Å². The quantitative estimate of drug-likeness (QED) is 0.451. The molecule has 3 heterocycles. The zero-order valence-electron chi connectivity index (χ0n) is 18.0. The molecule has 8 heteroatoms. The molecule has 0 aliphatic carbocycles. The lowest BCUT2D eigenvalue weighted by Crippen LogP contribution is -2.55. The Hall–Kier alpha value is -3.36. The summed E-state index contributed by atoms with van der Waals surface area (Å²) in [6.07, 6.45) is 1.17. The van der Waals surface area contributed by atoms with Gasteiger partial charge in [0.05, 0.1) is 5.39 Å². The van der Waals surface area contributed by atoms with E-state index >= 15 is 0 Å². The average Bonchev–Trinajstić information content (AvgIpc) is 3.27. The van der Waals surface area contributed by atoms with Crippen LogP contribution in [0.25, 0.3) is 20.7 Å². The molecule has 0 saturated carbocycles. The standard InChI is InChI=1S/C25H24FN5OS/c26-18-9-7-17(8-10-18)22-14-19-23(29-25(27)30-24(19)33-22)31-13-12-28-15-20(31)21(32)11-6-16-4-2-1-3-5-16/h1-5,7-10,14,20,28H,6,11-13,15H2,(H2,27,29,30). The van der Waals surface area contributed by atoms with Crippen molar-refractivity contribution < 1.29 is 9.18 Å². The summed E-state index contributed by atoms with van der Waals surface area (Å²) in [5.74, 6) is 0.758. The largest absolute Gasteiger partial charge is 0.368 e. The Bertz CT molecular complexity index is 1280. The van der Waals surface area contributed by atoms with Crippen molar-refractivity contribution in [3.63, 3.8) is 0 Å². The van der Waals surface area contributed by atoms with Crippen molar-refractivity contribution >= 4 is 39.1 Å². The number of benzene rings is 2. The predicted octanol–water partition coefficient (Wildman–Crippen LogP) is 4.06. The SMILES string of the molecule is Nc1nc(N2CCNCC2C(=O)CCc2ccccc2)c2cc(-c3ccc(F)cc3)sc2n1. The molecule has 1 aliphatic rings. The number of rotatable bonds is 6. The Morgan fingerprint density at radius 2 is 1.94 bits per heavy atom. The van der Waals surface area contributed by atoms with Crippen LogP contribution in [0, 0.1) is 5.82 Å². The molecule has 2 aromatic carbocycles. The number of carbonyl (C=O) groups is 1. The van der Waals surface area contributed by atoms with Gasteiger partial charge in [-0.1, -0.05) is 42.5 Å². The molecule has 5 rings (SSSR count). The summed E-state index contributed by atoms with van der Waals surface area (Å²) in [5, 5.41) is 4.20. The maximum absolute atomic E-state index is 13.4. The molecule has 168 valence electrons. The van der Waals surface area contributed by atoms with Crippen LogP contribution < -0.4 is 16.0 Å². The number of aryl methyl sites for hydroxylation is 1. The summed E-state index contributed by atoms with van der Waals surface area (Å²) in [5.41, 5.74) is 8.12. The first-order chi connectivity index (χ1) is 16.1. The number of hydrogen-bond donors (Lipinski definition) is 2. The smallest absolute Gasteiger partial charge is 0.223 e. The van der Waals surface area contributed by atoms with Crippen molar-refractivity contribution in [2.75, 3.05) is 30.3 Å². The fraction of sp³-hybridized carbons (Fsp3) is 0.240. The van der Waals surface area contributed by atoms with E-state index in [9.17, 15) is 9.18 Å². The number of Topliss-reactive ketones (excluding diaryl/α,β-unsaturated/α-hetero) is 1. The van der Waals surface area contributed by atoms with Gasteiger partial charge in [0.15, 0.2) is 5.78 Å². The zero-order valence-corrected chi connectivity index (χ0v) is 18.8. The molecule has 2 aromatic heterocycles. The Labute approximate surface area is 195 Å². The third kappa shape index (κ3) is 4.58. The summed E-state index contributed by atoms with van der Waals surface area (Å²) < 4.78 is 13.4. The molecular weight excluding hydrogens is 437 g/mol. The maximum atomic E-state index is 13.4. The average molecular weight is 462 g/mol. The van der Waals surface area contributed by atoms with Gasteiger partial charge < -0.3 is 16.0 Å². The summed E-state index contributed by atoms with van der Waals surface area (Å²) >= 11 is 1.48. The Morgan fingerprint density at radius 3 is 2.73 bits per heavy atom. The monoisotopic (exact) mass is 461 g/mol. The van der Waals surface area contributed by atoms with E-state index in [1.807, 2.05) is 36.4 Å². The molecule has 1 unspecified atom stereocenters. The third-order valence-corrected chi connectivity index (χ3v) is 6.99. The molecular formula is C25H24FN5OS. The molecule has 1 fully saturated rings. The maximum Gasteiger partial charge on any atom is 0.223 e. The zero-order chi connectivity index (χ0) is 22.8. The number of thiophene rings is 1. The molecule has 0 amide bonds. The second kappa shape index (κ2) is 9.25. The van der Waals surface area contributed by atoms with Crippen molar-refractivity contribution in [3.05, 3.63) is 72.0 Å². The minimum Gasteiger partial charge on any atom is -0.368 e. The molecule has 0 bridgehead atoms. The first kappa shape index (κ1) is 21.5. The molecule has 3 N–H and O–H groups in total.